The van der Waals surface area contributed by atoms with E-state index in [1.54, 1.807) is 0 Å². The highest BCUT2D eigenvalue weighted by Crippen LogP contribution is 2.16. The van der Waals surface area contributed by atoms with Crippen LogP contribution >= 0.6 is 12.4 Å². The van der Waals surface area contributed by atoms with Crippen molar-refractivity contribution in [1.82, 2.24) is 5.32 Å². The molecule has 1 rings (SSSR count). The summed E-state index contributed by atoms with van der Waals surface area (Å²) in [5, 5.41) is 1.92. The number of benzene rings is 1. The fourth-order valence-corrected chi connectivity index (χ4v) is 1.18. The predicted molar refractivity (Wildman–Crippen MR) is 66.5 cm³/mol. The number of halogens is 4. The van der Waals surface area contributed by atoms with Crippen molar-refractivity contribution < 1.29 is 22.7 Å². The molecule has 108 valence electrons. The van der Waals surface area contributed by atoms with Gasteiger partial charge in [-0.05, 0) is 12.1 Å². The molecule has 0 aliphatic rings. The zero-order chi connectivity index (χ0) is 13.8. The van der Waals surface area contributed by atoms with Crippen LogP contribution in [-0.4, -0.2) is 32.0 Å². The first-order valence-electron chi connectivity index (χ1n) is 5.09. The molecule has 0 heterocycles. The second-order valence-corrected chi connectivity index (χ2v) is 3.59. The summed E-state index contributed by atoms with van der Waals surface area (Å²) in [7, 11) is 1.34. The minimum atomic E-state index is -3.21. The Morgan fingerprint density at radius 2 is 2.11 bits per heavy atom. The molecule has 0 spiro atoms. The Morgan fingerprint density at radius 1 is 1.47 bits per heavy atom. The maximum Gasteiger partial charge on any atom is 0.277 e. The van der Waals surface area contributed by atoms with E-state index < -0.39 is 30.7 Å². The minimum Gasteiger partial charge on any atom is -0.497 e. The fraction of sp³-hybridized carbons (Fsp3) is 0.364. The fourth-order valence-electron chi connectivity index (χ4n) is 1.18. The highest BCUT2D eigenvalue weighted by molar-refractivity contribution is 5.94. The van der Waals surface area contributed by atoms with Gasteiger partial charge < -0.3 is 15.8 Å². The van der Waals surface area contributed by atoms with E-state index in [1.165, 1.54) is 13.2 Å². The van der Waals surface area contributed by atoms with Gasteiger partial charge in [-0.2, -0.15) is 0 Å². The molecular weight excluding hydrogens is 285 g/mol. The first-order chi connectivity index (χ1) is 8.39. The van der Waals surface area contributed by atoms with Crippen LogP contribution in [0, 0.1) is 5.82 Å². The summed E-state index contributed by atoms with van der Waals surface area (Å²) in [4.78, 5) is 11.5. The van der Waals surface area contributed by atoms with E-state index in [-0.39, 0.29) is 23.7 Å². The van der Waals surface area contributed by atoms with Crippen LogP contribution in [0.15, 0.2) is 18.2 Å². The average Bonchev–Trinajstić information content (AvgIpc) is 2.36. The molecule has 0 saturated carbocycles. The first kappa shape index (κ1) is 17.5. The largest absolute Gasteiger partial charge is 0.497 e. The Hall–Kier alpha value is -1.47. The average molecular weight is 299 g/mol. The highest BCUT2D eigenvalue weighted by Gasteiger charge is 2.27. The van der Waals surface area contributed by atoms with Crippen LogP contribution in [0.2, 0.25) is 0 Å². The minimum absolute atomic E-state index is 0. The molecule has 1 aromatic carbocycles. The maximum absolute atomic E-state index is 13.4. The van der Waals surface area contributed by atoms with Crippen LogP contribution < -0.4 is 15.8 Å². The second kappa shape index (κ2) is 7.20. The number of carbonyl (C=O) groups excluding carboxylic acids is 1. The molecule has 8 heteroatoms. The van der Waals surface area contributed by atoms with E-state index in [0.717, 1.165) is 12.1 Å². The predicted octanol–water partition coefficient (Wildman–Crippen LogP) is 1.58. The van der Waals surface area contributed by atoms with E-state index in [2.05, 4.69) is 0 Å². The van der Waals surface area contributed by atoms with Crippen LogP contribution in [0.25, 0.3) is 0 Å². The van der Waals surface area contributed by atoms with Gasteiger partial charge in [-0.15, -0.1) is 12.4 Å². The number of hydrogen-bond acceptors (Lipinski definition) is 3. The Kier molecular flexibility index (Phi) is 6.64. The number of ether oxygens (including phenoxy) is 1. The second-order valence-electron chi connectivity index (χ2n) is 3.59. The molecular formula is C11H14ClF3N2O2. The number of hydrogen-bond donors (Lipinski definition) is 2. The van der Waals surface area contributed by atoms with Crippen molar-refractivity contribution in [2.45, 2.75) is 5.92 Å². The van der Waals surface area contributed by atoms with E-state index in [4.69, 9.17) is 10.5 Å². The van der Waals surface area contributed by atoms with E-state index in [0.29, 0.717) is 0 Å². The Balaban J connectivity index is 0.00000324. The zero-order valence-electron chi connectivity index (χ0n) is 10.1. The molecule has 0 fully saturated rings. The monoisotopic (exact) mass is 298 g/mol. The standard InChI is InChI=1S/C11H13F3N2O2.ClH/c1-18-7-2-3-8(9(12)4-7)10(17)16-6-11(13,14)5-15;/h2-4H,5-6,15H2,1H3,(H,16,17);1H. The van der Waals surface area contributed by atoms with Gasteiger partial charge in [0.05, 0.1) is 25.8 Å². The van der Waals surface area contributed by atoms with Crippen molar-refractivity contribution in [3.05, 3.63) is 29.6 Å². The lowest BCUT2D eigenvalue weighted by Crippen LogP contribution is -2.41. The van der Waals surface area contributed by atoms with Crippen molar-refractivity contribution in [2.24, 2.45) is 5.73 Å². The normalized spacial score (nSPS) is 10.6. The summed E-state index contributed by atoms with van der Waals surface area (Å²) in [5.74, 6) is -4.75. The number of nitrogens with two attached hydrogens (primary N) is 1. The summed E-state index contributed by atoms with van der Waals surface area (Å²) >= 11 is 0. The summed E-state index contributed by atoms with van der Waals surface area (Å²) in [6.45, 7) is -1.83. The summed E-state index contributed by atoms with van der Waals surface area (Å²) in [6, 6.07) is 3.51. The third-order valence-electron chi connectivity index (χ3n) is 2.23. The molecule has 0 atom stereocenters. The quantitative estimate of drug-likeness (QED) is 0.867. The lowest BCUT2D eigenvalue weighted by Gasteiger charge is -2.14. The smallest absolute Gasteiger partial charge is 0.277 e. The molecule has 3 N–H and O–H groups in total. The van der Waals surface area contributed by atoms with E-state index >= 15 is 0 Å². The van der Waals surface area contributed by atoms with Crippen LogP contribution in [-0.2, 0) is 0 Å². The lowest BCUT2D eigenvalue weighted by molar-refractivity contribution is 0.0118. The maximum atomic E-state index is 13.4. The van der Waals surface area contributed by atoms with Crippen molar-refractivity contribution in [3.63, 3.8) is 0 Å². The van der Waals surface area contributed by atoms with Crippen LogP contribution in [0.1, 0.15) is 10.4 Å². The Bertz CT molecular complexity index is 444. The molecule has 1 amide bonds. The van der Waals surface area contributed by atoms with Gasteiger partial charge in [-0.1, -0.05) is 0 Å². The van der Waals surface area contributed by atoms with Gasteiger partial charge in [0.25, 0.3) is 11.8 Å². The summed E-state index contributed by atoms with van der Waals surface area (Å²) < 4.78 is 43.8. The van der Waals surface area contributed by atoms with Gasteiger partial charge in [0.2, 0.25) is 0 Å². The number of methoxy groups -OCH3 is 1. The van der Waals surface area contributed by atoms with Gasteiger partial charge >= 0.3 is 0 Å². The van der Waals surface area contributed by atoms with Gasteiger partial charge in [-0.3, -0.25) is 4.79 Å². The third-order valence-corrected chi connectivity index (χ3v) is 2.23. The van der Waals surface area contributed by atoms with Crippen molar-refractivity contribution in [1.29, 1.82) is 0 Å². The number of alkyl halides is 2. The molecule has 0 saturated heterocycles. The van der Waals surface area contributed by atoms with Gasteiger partial charge in [-0.25, -0.2) is 13.2 Å². The van der Waals surface area contributed by atoms with E-state index in [1.807, 2.05) is 5.32 Å². The molecule has 19 heavy (non-hydrogen) atoms. The van der Waals surface area contributed by atoms with E-state index in [9.17, 15) is 18.0 Å². The Labute approximate surface area is 114 Å². The molecule has 4 nitrogen and oxygen atoms in total. The van der Waals surface area contributed by atoms with Crippen molar-refractivity contribution in [2.75, 3.05) is 20.2 Å². The number of nitrogens with one attached hydrogen (secondary N) is 1. The molecule has 1 aromatic rings. The highest BCUT2D eigenvalue weighted by atomic mass is 35.5. The topological polar surface area (TPSA) is 64.3 Å². The Morgan fingerprint density at radius 3 is 2.58 bits per heavy atom. The van der Waals surface area contributed by atoms with Crippen LogP contribution in [0.3, 0.4) is 0 Å². The molecule has 0 aliphatic heterocycles. The summed E-state index contributed by atoms with van der Waals surface area (Å²) in [5.41, 5.74) is 4.48. The molecule has 0 aromatic heterocycles. The summed E-state index contributed by atoms with van der Waals surface area (Å²) in [6.07, 6.45) is 0. The van der Waals surface area contributed by atoms with Gasteiger partial charge in [0, 0.05) is 6.07 Å². The molecule has 0 aliphatic carbocycles. The SMILES string of the molecule is COc1ccc(C(=O)NCC(F)(F)CN)c(F)c1.Cl. The van der Waals surface area contributed by atoms with Gasteiger partial charge in [0.1, 0.15) is 11.6 Å². The number of rotatable bonds is 5. The lowest BCUT2D eigenvalue weighted by atomic mass is 10.2. The van der Waals surface area contributed by atoms with Crippen molar-refractivity contribution in [3.8, 4) is 5.75 Å². The van der Waals surface area contributed by atoms with Crippen molar-refractivity contribution >= 4 is 18.3 Å². The van der Waals surface area contributed by atoms with Crippen LogP contribution in [0.5, 0.6) is 5.75 Å². The molecule has 0 unspecified atom stereocenters. The zero-order valence-corrected chi connectivity index (χ0v) is 10.9. The molecule has 0 radical (unpaired) electrons. The molecule has 0 bridgehead atoms. The number of amides is 1. The third kappa shape index (κ3) is 4.96. The van der Waals surface area contributed by atoms with Gasteiger partial charge in [0.15, 0.2) is 0 Å². The number of carbonyl (C=O) groups is 1. The first-order valence-corrected chi connectivity index (χ1v) is 5.09. The van der Waals surface area contributed by atoms with Crippen LogP contribution in [0.4, 0.5) is 13.2 Å².